The number of hydrogen-bond donors (Lipinski definition) is 6. The highest BCUT2D eigenvalue weighted by molar-refractivity contribution is 7.89. The molecule has 0 aliphatic heterocycles. The van der Waals surface area contributed by atoms with Crippen molar-refractivity contribution in [2.75, 3.05) is 5.32 Å². The van der Waals surface area contributed by atoms with E-state index in [1.165, 1.54) is 66.4 Å². The summed E-state index contributed by atoms with van der Waals surface area (Å²) in [7, 11) is 7.49. The van der Waals surface area contributed by atoms with Crippen LogP contribution in [-0.4, -0.2) is 96.7 Å². The molecule has 0 aliphatic rings. The van der Waals surface area contributed by atoms with Crippen LogP contribution in [0.1, 0.15) is 16.1 Å². The van der Waals surface area contributed by atoms with E-state index in [2.05, 4.69) is 10.0 Å². The fraction of sp³-hybridized carbons (Fsp3) is 0.353. The maximum Gasteiger partial charge on any atom is 0.272 e. The van der Waals surface area contributed by atoms with Crippen molar-refractivity contribution in [3.63, 3.8) is 0 Å². The van der Waals surface area contributed by atoms with Crippen molar-refractivity contribution in [1.82, 2.24) is 9.29 Å². The van der Waals surface area contributed by atoms with E-state index in [4.69, 9.17) is 0 Å². The van der Waals surface area contributed by atoms with Gasteiger partial charge in [0.1, 0.15) is 54.1 Å². The zero-order valence-corrected chi connectivity index (χ0v) is 20.5. The maximum absolute atomic E-state index is 13.5. The van der Waals surface area contributed by atoms with Crippen molar-refractivity contribution in [2.45, 2.75) is 33.8 Å². The molecular formula is C17H27B5FN3O6S. The zero-order chi connectivity index (χ0) is 25.6. The number of benzene rings is 1. The number of rotatable bonds is 8. The van der Waals surface area contributed by atoms with Gasteiger partial charge in [0.25, 0.3) is 5.91 Å². The van der Waals surface area contributed by atoms with Crippen molar-refractivity contribution in [1.29, 1.82) is 0 Å². The van der Waals surface area contributed by atoms with Crippen molar-refractivity contribution in [2.24, 2.45) is 7.05 Å². The Labute approximate surface area is 199 Å². The fourth-order valence-electron chi connectivity index (χ4n) is 4.23. The monoisotopic (exact) mass is 475 g/mol. The first kappa shape index (κ1) is 27.6. The molecule has 2 rings (SSSR count). The average Bonchev–Trinajstić information content (AvgIpc) is 3.01. The first-order valence-electron chi connectivity index (χ1n) is 10.1. The summed E-state index contributed by atoms with van der Waals surface area (Å²) in [5, 5.41) is 41.2. The minimum atomic E-state index is -2.71. The Morgan fingerprint density at radius 2 is 1.64 bits per heavy atom. The summed E-state index contributed by atoms with van der Waals surface area (Å²) in [4.78, 5) is 12.8. The minimum absolute atomic E-state index is 0.0834. The summed E-state index contributed by atoms with van der Waals surface area (Å²) in [6.45, 7) is 1.56. The van der Waals surface area contributed by atoms with Gasteiger partial charge in [-0.15, -0.1) is 4.72 Å². The zero-order valence-electron chi connectivity index (χ0n) is 19.7. The molecule has 0 saturated carbocycles. The van der Waals surface area contributed by atoms with E-state index >= 15 is 0 Å². The average molecular weight is 475 g/mol. The number of aromatic nitrogens is 1. The van der Waals surface area contributed by atoms with Crippen LogP contribution in [0.3, 0.4) is 0 Å². The number of aliphatic hydroxyl groups is 4. The number of nitrogens with one attached hydrogen (secondary N) is 2. The van der Waals surface area contributed by atoms with Crippen LogP contribution in [0.15, 0.2) is 35.4 Å². The number of halogens is 1. The smallest absolute Gasteiger partial charge is 0.272 e. The van der Waals surface area contributed by atoms with Gasteiger partial charge in [0.2, 0.25) is 0 Å². The molecule has 9 nitrogen and oxygen atoms in total. The van der Waals surface area contributed by atoms with Gasteiger partial charge in [-0.05, 0) is 30.7 Å². The molecule has 2 aromatic rings. The largest absolute Gasteiger partial charge is 0.593 e. The van der Waals surface area contributed by atoms with Crippen molar-refractivity contribution in [3.05, 3.63) is 47.5 Å². The van der Waals surface area contributed by atoms with E-state index in [1.807, 2.05) is 0 Å². The fourth-order valence-corrected chi connectivity index (χ4v) is 5.79. The van der Waals surface area contributed by atoms with E-state index < -0.39 is 45.1 Å². The molecule has 16 heteroatoms. The van der Waals surface area contributed by atoms with Crippen LogP contribution in [0.5, 0.6) is 0 Å². The molecule has 174 valence electrons. The lowest BCUT2D eigenvalue weighted by Gasteiger charge is -2.56. The summed E-state index contributed by atoms with van der Waals surface area (Å²) in [5.41, 5.74) is -4.14. The summed E-state index contributed by atoms with van der Waals surface area (Å²) in [5.74, 6) is -0.949. The topological polar surface area (TPSA) is 150 Å². The molecule has 0 fully saturated rings. The molecule has 0 aliphatic carbocycles. The number of hydrogen-bond acceptors (Lipinski definition) is 7. The number of aryl methyl sites for hydroxylation is 2. The van der Waals surface area contributed by atoms with Gasteiger partial charge in [-0.2, -0.15) is 0 Å². The van der Waals surface area contributed by atoms with Crippen molar-refractivity contribution in [3.8, 4) is 0 Å². The number of anilines is 1. The van der Waals surface area contributed by atoms with Gasteiger partial charge in [-0.25, -0.2) is 4.39 Å². The highest BCUT2D eigenvalue weighted by atomic mass is 32.2. The number of carbonyl (C=O) groups is 1. The molecule has 0 radical (unpaired) electrons. The maximum atomic E-state index is 13.5. The Balaban J connectivity index is 2.39. The van der Waals surface area contributed by atoms with Crippen LogP contribution in [0.4, 0.5) is 10.1 Å². The number of nitrogens with zero attached hydrogens (tertiary/aromatic N) is 1. The summed E-state index contributed by atoms with van der Waals surface area (Å²) < 4.78 is 30.6. The molecule has 0 bridgehead atoms. The molecule has 1 heterocycles. The van der Waals surface area contributed by atoms with E-state index in [0.717, 1.165) is 7.85 Å². The predicted molar refractivity (Wildman–Crippen MR) is 137 cm³/mol. The third-order valence-corrected chi connectivity index (χ3v) is 6.78. The van der Waals surface area contributed by atoms with Crippen LogP contribution in [0.2, 0.25) is 0 Å². The van der Waals surface area contributed by atoms with E-state index in [1.54, 1.807) is 14.0 Å². The normalized spacial score (nSPS) is 14.2. The SMILES string of the molecule is BC(B)(O)C(N[S+]([O-])c1cc(C(=O)Nc2ccc(F)c(C)c2)n(C)c1)(C(B)(B)O)C(B)(O)O. The lowest BCUT2D eigenvalue weighted by atomic mass is 9.37. The summed E-state index contributed by atoms with van der Waals surface area (Å²) in [6, 6.07) is 5.43. The Hall–Kier alpha value is -1.67. The molecule has 1 amide bonds. The Kier molecular flexibility index (Phi) is 7.67. The third kappa shape index (κ3) is 5.37. The summed E-state index contributed by atoms with van der Waals surface area (Å²) in [6.07, 6.45) is 1.39. The first-order chi connectivity index (χ1) is 14.8. The van der Waals surface area contributed by atoms with Gasteiger partial charge in [-0.1, -0.05) is 0 Å². The number of amides is 1. The molecule has 6 N–H and O–H groups in total. The second-order valence-electron chi connectivity index (χ2n) is 9.35. The molecule has 1 atom stereocenters. The van der Waals surface area contributed by atoms with E-state index in [0.29, 0.717) is 11.3 Å². The van der Waals surface area contributed by atoms with Gasteiger partial charge in [0.05, 0.1) is 17.6 Å². The third-order valence-electron chi connectivity index (χ3n) is 5.63. The quantitative estimate of drug-likeness (QED) is 0.127. The van der Waals surface area contributed by atoms with Gasteiger partial charge < -0.3 is 34.9 Å². The first-order valence-corrected chi connectivity index (χ1v) is 11.3. The van der Waals surface area contributed by atoms with Gasteiger partial charge in [0, 0.05) is 29.6 Å². The van der Waals surface area contributed by atoms with E-state index in [-0.39, 0.29) is 10.6 Å². The van der Waals surface area contributed by atoms with E-state index in [9.17, 15) is 34.2 Å². The lowest BCUT2D eigenvalue weighted by molar-refractivity contribution is -0.197. The lowest BCUT2D eigenvalue weighted by Crippen LogP contribution is -2.86. The van der Waals surface area contributed by atoms with Crippen LogP contribution in [0, 0.1) is 12.7 Å². The molecule has 1 unspecified atom stereocenters. The minimum Gasteiger partial charge on any atom is -0.593 e. The van der Waals surface area contributed by atoms with Crippen LogP contribution in [-0.2, 0) is 18.4 Å². The second-order valence-corrected chi connectivity index (χ2v) is 10.6. The number of carbonyl (C=O) groups excluding carboxylic acids is 1. The molecule has 0 spiro atoms. The van der Waals surface area contributed by atoms with Crippen LogP contribution < -0.4 is 10.0 Å². The standard InChI is InChI=1S/C17H27B5FN3O6S/c1-8-5-9(3-4-11(8)23)24-13(27)12-6-10(7-26(12)2)33(32)25-14(15(18,19)28,16(20,21)29)17(22,30)31/h3-7,25,28-31H,18-22H2,1-2H3,(H,24,27). The van der Waals surface area contributed by atoms with Crippen molar-refractivity contribution >= 4 is 62.2 Å². The van der Waals surface area contributed by atoms with Crippen LogP contribution in [0.25, 0.3) is 0 Å². The Morgan fingerprint density at radius 1 is 1.09 bits per heavy atom. The molecular weight excluding hydrogens is 447 g/mol. The highest BCUT2D eigenvalue weighted by Gasteiger charge is 2.65. The van der Waals surface area contributed by atoms with Crippen molar-refractivity contribution < 1.29 is 34.2 Å². The Bertz CT molecular complexity index is 1000. The van der Waals surface area contributed by atoms with Gasteiger partial charge in [0.15, 0.2) is 12.7 Å². The highest BCUT2D eigenvalue weighted by Crippen LogP contribution is 2.36. The van der Waals surface area contributed by atoms with Crippen LogP contribution >= 0.6 is 0 Å². The Morgan fingerprint density at radius 3 is 2.09 bits per heavy atom. The molecule has 33 heavy (non-hydrogen) atoms. The molecule has 1 aromatic carbocycles. The summed E-state index contributed by atoms with van der Waals surface area (Å²) >= 11 is -2.19. The van der Waals surface area contributed by atoms with Gasteiger partial charge in [-0.3, -0.25) is 4.79 Å². The predicted octanol–water partition coefficient (Wildman–Crippen LogP) is -5.83. The molecule has 0 saturated heterocycles. The van der Waals surface area contributed by atoms with Gasteiger partial charge >= 0.3 is 0 Å². The molecule has 1 aromatic heterocycles. The second kappa shape index (κ2) is 9.18.